The van der Waals surface area contributed by atoms with E-state index in [0.717, 1.165) is 29.0 Å². The van der Waals surface area contributed by atoms with E-state index in [1.807, 2.05) is 43.5 Å². The average molecular weight is 341 g/mol. The summed E-state index contributed by atoms with van der Waals surface area (Å²) in [6, 6.07) is 11.9. The maximum absolute atomic E-state index is 11.6. The van der Waals surface area contributed by atoms with Crippen molar-refractivity contribution in [3.8, 4) is 5.75 Å². The topological polar surface area (TPSA) is 77.6 Å². The van der Waals surface area contributed by atoms with Gasteiger partial charge in [-0.1, -0.05) is 30.0 Å². The molecule has 24 heavy (non-hydrogen) atoms. The van der Waals surface area contributed by atoms with Crippen LogP contribution in [0, 0.1) is 6.92 Å². The van der Waals surface area contributed by atoms with Gasteiger partial charge in [0.1, 0.15) is 5.75 Å². The number of benzene rings is 1. The number of amides is 1. The molecule has 1 aromatic carbocycles. The Bertz CT molecular complexity index is 742. The number of nitrogens with zero attached hydrogens (tertiary/aromatic N) is 2. The van der Waals surface area contributed by atoms with E-state index < -0.39 is 0 Å². The molecule has 1 amide bonds. The van der Waals surface area contributed by atoms with Gasteiger partial charge in [0.15, 0.2) is 5.17 Å². The molecule has 2 heterocycles. The number of amidine groups is 1. The van der Waals surface area contributed by atoms with Gasteiger partial charge in [-0.3, -0.25) is 9.78 Å². The Balaban J connectivity index is 1.48. The summed E-state index contributed by atoms with van der Waals surface area (Å²) in [5.74, 6) is 0.662. The number of hydrogen-bond acceptors (Lipinski definition) is 5. The summed E-state index contributed by atoms with van der Waals surface area (Å²) in [5.41, 5.74) is 8.81. The molecule has 1 aliphatic rings. The molecule has 2 aromatic rings. The fourth-order valence-electron chi connectivity index (χ4n) is 2.39. The second-order valence-corrected chi connectivity index (χ2v) is 6.89. The van der Waals surface area contributed by atoms with Gasteiger partial charge in [0.25, 0.3) is 5.91 Å². The molecule has 1 aromatic heterocycles. The minimum atomic E-state index is -0.204. The summed E-state index contributed by atoms with van der Waals surface area (Å²) in [6.07, 6.45) is 3.26. The second-order valence-electron chi connectivity index (χ2n) is 5.67. The normalized spacial score (nSPS) is 17.0. The highest BCUT2D eigenvalue weighted by Crippen LogP contribution is 2.24. The molecule has 0 bridgehead atoms. The predicted octanol–water partition coefficient (Wildman–Crippen LogP) is 2.51. The van der Waals surface area contributed by atoms with Crippen molar-refractivity contribution in [1.29, 1.82) is 0 Å². The van der Waals surface area contributed by atoms with E-state index in [2.05, 4.69) is 16.0 Å². The van der Waals surface area contributed by atoms with E-state index in [9.17, 15) is 4.79 Å². The van der Waals surface area contributed by atoms with E-state index in [1.54, 1.807) is 0 Å². The zero-order valence-electron chi connectivity index (χ0n) is 13.4. The highest BCUT2D eigenvalue weighted by atomic mass is 32.2. The molecule has 1 aliphatic heterocycles. The molecule has 0 aliphatic carbocycles. The average Bonchev–Trinajstić information content (AvgIpc) is 2.88. The monoisotopic (exact) mass is 341 g/mol. The zero-order valence-corrected chi connectivity index (χ0v) is 14.3. The van der Waals surface area contributed by atoms with Gasteiger partial charge in [-0.2, -0.15) is 4.99 Å². The van der Waals surface area contributed by atoms with Gasteiger partial charge in [0.05, 0.1) is 11.9 Å². The van der Waals surface area contributed by atoms with E-state index in [1.165, 1.54) is 11.8 Å². The van der Waals surface area contributed by atoms with Crippen LogP contribution >= 0.6 is 11.8 Å². The second kappa shape index (κ2) is 7.49. The maximum atomic E-state index is 11.6. The van der Waals surface area contributed by atoms with Crippen LogP contribution in [0.2, 0.25) is 0 Å². The number of aromatic nitrogens is 1. The molecule has 0 saturated carbocycles. The number of carbonyl (C=O) groups excluding carboxylic acids is 1. The predicted molar refractivity (Wildman–Crippen MR) is 96.3 cm³/mol. The van der Waals surface area contributed by atoms with Crippen molar-refractivity contribution < 1.29 is 9.53 Å². The first-order valence-electron chi connectivity index (χ1n) is 7.78. The summed E-state index contributed by atoms with van der Waals surface area (Å²) in [6.45, 7) is 2.60. The standard InChI is InChI=1S/C18H19N3O2S/c1-12-2-5-14(20-11-12)8-9-23-15-6-3-13(4-7-15)10-16-17(22)21-18(19)24-16/h2-7,11,16H,8-10H2,1H3,(H2,19,21,22). The number of ether oxygens (including phenoxy) is 1. The Kier molecular flexibility index (Phi) is 5.15. The van der Waals surface area contributed by atoms with E-state index in [0.29, 0.717) is 18.2 Å². The van der Waals surface area contributed by atoms with Crippen LogP contribution in [0.5, 0.6) is 5.75 Å². The molecule has 0 radical (unpaired) electrons. The molecule has 6 heteroatoms. The Hall–Kier alpha value is -2.34. The number of carbonyl (C=O) groups is 1. The molecule has 124 valence electrons. The van der Waals surface area contributed by atoms with Crippen LogP contribution in [0.1, 0.15) is 16.8 Å². The first kappa shape index (κ1) is 16.5. The molecule has 3 rings (SSSR count). The number of thioether (sulfide) groups is 1. The van der Waals surface area contributed by atoms with Gasteiger partial charge >= 0.3 is 0 Å². The van der Waals surface area contributed by atoms with Crippen LogP contribution in [-0.2, 0) is 17.6 Å². The Morgan fingerprint density at radius 3 is 2.62 bits per heavy atom. The van der Waals surface area contributed by atoms with Crippen molar-refractivity contribution in [1.82, 2.24) is 4.98 Å². The van der Waals surface area contributed by atoms with Crippen molar-refractivity contribution in [2.75, 3.05) is 6.61 Å². The molecular formula is C18H19N3O2S. The number of aliphatic imine (C=N–C) groups is 1. The summed E-state index contributed by atoms with van der Waals surface area (Å²) in [4.78, 5) is 19.7. The van der Waals surface area contributed by atoms with Crippen molar-refractivity contribution in [2.24, 2.45) is 10.7 Å². The summed E-state index contributed by atoms with van der Waals surface area (Å²) < 4.78 is 5.75. The first-order chi connectivity index (χ1) is 11.6. The van der Waals surface area contributed by atoms with E-state index in [-0.39, 0.29) is 11.2 Å². The molecule has 1 unspecified atom stereocenters. The lowest BCUT2D eigenvalue weighted by molar-refractivity contribution is -0.117. The highest BCUT2D eigenvalue weighted by molar-refractivity contribution is 8.15. The number of pyridine rings is 1. The van der Waals surface area contributed by atoms with Crippen LogP contribution < -0.4 is 10.5 Å². The molecule has 0 saturated heterocycles. The van der Waals surface area contributed by atoms with Gasteiger partial charge in [-0.05, 0) is 42.7 Å². The molecule has 0 fully saturated rings. The van der Waals surface area contributed by atoms with E-state index >= 15 is 0 Å². The van der Waals surface area contributed by atoms with E-state index in [4.69, 9.17) is 10.5 Å². The van der Waals surface area contributed by atoms with Gasteiger partial charge in [0, 0.05) is 18.3 Å². The molecule has 1 atom stereocenters. The van der Waals surface area contributed by atoms with Crippen molar-refractivity contribution >= 4 is 22.8 Å². The van der Waals surface area contributed by atoms with Crippen LogP contribution in [0.3, 0.4) is 0 Å². The van der Waals surface area contributed by atoms with Gasteiger partial charge in [0.2, 0.25) is 0 Å². The SMILES string of the molecule is Cc1ccc(CCOc2ccc(CC3SC(N)=NC3=O)cc2)nc1. The van der Waals surface area contributed by atoms with Crippen molar-refractivity contribution in [3.05, 3.63) is 59.4 Å². The van der Waals surface area contributed by atoms with Crippen molar-refractivity contribution in [3.63, 3.8) is 0 Å². The first-order valence-corrected chi connectivity index (χ1v) is 8.66. The quantitative estimate of drug-likeness (QED) is 0.873. The molecular weight excluding hydrogens is 322 g/mol. The minimum absolute atomic E-state index is 0.150. The van der Waals surface area contributed by atoms with Gasteiger partial charge in [-0.25, -0.2) is 0 Å². The number of nitrogens with two attached hydrogens (primary N) is 1. The summed E-state index contributed by atoms with van der Waals surface area (Å²) >= 11 is 1.33. The fourth-order valence-corrected chi connectivity index (χ4v) is 3.25. The zero-order chi connectivity index (χ0) is 16.9. The summed E-state index contributed by atoms with van der Waals surface area (Å²) in [5, 5.41) is 0.152. The van der Waals surface area contributed by atoms with Crippen LogP contribution in [-0.4, -0.2) is 27.9 Å². The third-order valence-corrected chi connectivity index (χ3v) is 4.69. The lowest BCUT2D eigenvalue weighted by Gasteiger charge is -2.09. The minimum Gasteiger partial charge on any atom is -0.493 e. The lowest BCUT2D eigenvalue weighted by Crippen LogP contribution is -2.14. The van der Waals surface area contributed by atoms with Gasteiger partial charge in [-0.15, -0.1) is 0 Å². The lowest BCUT2D eigenvalue weighted by atomic mass is 10.1. The molecule has 0 spiro atoms. The Morgan fingerprint density at radius 2 is 2.00 bits per heavy atom. The number of aryl methyl sites for hydroxylation is 1. The van der Waals surface area contributed by atoms with Crippen LogP contribution in [0.4, 0.5) is 0 Å². The third kappa shape index (κ3) is 4.35. The highest BCUT2D eigenvalue weighted by Gasteiger charge is 2.26. The maximum Gasteiger partial charge on any atom is 0.261 e. The third-order valence-electron chi connectivity index (χ3n) is 3.70. The number of hydrogen-bond donors (Lipinski definition) is 1. The van der Waals surface area contributed by atoms with Crippen LogP contribution in [0.25, 0.3) is 0 Å². The van der Waals surface area contributed by atoms with Gasteiger partial charge < -0.3 is 10.5 Å². The van der Waals surface area contributed by atoms with Crippen molar-refractivity contribution in [2.45, 2.75) is 25.0 Å². The largest absolute Gasteiger partial charge is 0.493 e. The molecule has 5 nitrogen and oxygen atoms in total. The fraction of sp³-hybridized carbons (Fsp3) is 0.278. The Labute approximate surface area is 145 Å². The summed E-state index contributed by atoms with van der Waals surface area (Å²) in [7, 11) is 0. The Morgan fingerprint density at radius 1 is 1.21 bits per heavy atom. The smallest absolute Gasteiger partial charge is 0.261 e. The number of rotatable bonds is 6. The molecule has 2 N–H and O–H groups in total. The van der Waals surface area contributed by atoms with Crippen LogP contribution in [0.15, 0.2) is 47.6 Å².